The zero-order valence-electron chi connectivity index (χ0n) is 11.1. The average molecular weight is 265 g/mol. The lowest BCUT2D eigenvalue weighted by molar-refractivity contribution is 0.0936. The number of nitrogens with zero attached hydrogens (tertiary/aromatic N) is 1. The molecule has 4 nitrogen and oxygen atoms in total. The highest BCUT2D eigenvalue weighted by Crippen LogP contribution is 2.17. The molecule has 3 rings (SSSR count). The molecule has 1 atom stereocenters. The molecule has 1 aromatic heterocycles. The topological polar surface area (TPSA) is 57.8 Å². The fourth-order valence-electron chi connectivity index (χ4n) is 2.23. The second kappa shape index (κ2) is 5.17. The fraction of sp³-hybridized carbons (Fsp3) is 0.125. The Labute approximate surface area is 116 Å². The van der Waals surface area contributed by atoms with E-state index in [9.17, 15) is 4.79 Å². The molecule has 1 heterocycles. The highest BCUT2D eigenvalue weighted by atomic mass is 16.2. The molecular weight excluding hydrogens is 250 g/mol. The SMILES string of the molecule is C[C@H](NC(=O)c1n[nH]c2ccccc12)c1ccccc1. The van der Waals surface area contributed by atoms with E-state index in [1.165, 1.54) is 0 Å². The van der Waals surface area contributed by atoms with Gasteiger partial charge in [0.15, 0.2) is 5.69 Å². The highest BCUT2D eigenvalue weighted by molar-refractivity contribution is 6.04. The highest BCUT2D eigenvalue weighted by Gasteiger charge is 2.16. The van der Waals surface area contributed by atoms with E-state index in [0.29, 0.717) is 5.69 Å². The van der Waals surface area contributed by atoms with Gasteiger partial charge in [-0.1, -0.05) is 48.5 Å². The van der Waals surface area contributed by atoms with Crippen LogP contribution in [0.25, 0.3) is 10.9 Å². The third-order valence-electron chi connectivity index (χ3n) is 3.33. The summed E-state index contributed by atoms with van der Waals surface area (Å²) in [6.07, 6.45) is 0. The maximum absolute atomic E-state index is 12.3. The Morgan fingerprint density at radius 2 is 1.80 bits per heavy atom. The molecule has 1 amide bonds. The Hall–Kier alpha value is -2.62. The van der Waals surface area contributed by atoms with Crippen molar-refractivity contribution in [2.24, 2.45) is 0 Å². The van der Waals surface area contributed by atoms with Crippen LogP contribution >= 0.6 is 0 Å². The van der Waals surface area contributed by atoms with E-state index < -0.39 is 0 Å². The van der Waals surface area contributed by atoms with Gasteiger partial charge in [-0.2, -0.15) is 5.10 Å². The molecule has 3 aromatic rings. The Morgan fingerprint density at radius 1 is 1.10 bits per heavy atom. The van der Waals surface area contributed by atoms with Crippen molar-refractivity contribution in [2.45, 2.75) is 13.0 Å². The molecule has 0 aliphatic carbocycles. The lowest BCUT2D eigenvalue weighted by Gasteiger charge is -2.13. The number of hydrogen-bond donors (Lipinski definition) is 2. The first kappa shape index (κ1) is 12.4. The van der Waals surface area contributed by atoms with Gasteiger partial charge in [0, 0.05) is 5.39 Å². The van der Waals surface area contributed by atoms with Gasteiger partial charge in [-0.15, -0.1) is 0 Å². The maximum Gasteiger partial charge on any atom is 0.272 e. The number of carbonyl (C=O) groups excluding carboxylic acids is 1. The summed E-state index contributed by atoms with van der Waals surface area (Å²) < 4.78 is 0. The van der Waals surface area contributed by atoms with Crippen molar-refractivity contribution in [3.05, 3.63) is 65.9 Å². The number of rotatable bonds is 3. The van der Waals surface area contributed by atoms with E-state index in [0.717, 1.165) is 16.5 Å². The summed E-state index contributed by atoms with van der Waals surface area (Å²) in [6.45, 7) is 1.96. The number of fused-ring (bicyclic) bond motifs is 1. The van der Waals surface area contributed by atoms with Crippen molar-refractivity contribution in [3.8, 4) is 0 Å². The van der Waals surface area contributed by atoms with Crippen LogP contribution in [0.15, 0.2) is 54.6 Å². The predicted octanol–water partition coefficient (Wildman–Crippen LogP) is 3.05. The van der Waals surface area contributed by atoms with Gasteiger partial charge in [-0.3, -0.25) is 9.89 Å². The zero-order valence-corrected chi connectivity index (χ0v) is 11.1. The molecule has 0 unspecified atom stereocenters. The number of aromatic nitrogens is 2. The molecule has 0 radical (unpaired) electrons. The minimum absolute atomic E-state index is 0.0563. The summed E-state index contributed by atoms with van der Waals surface area (Å²) >= 11 is 0. The molecule has 0 spiro atoms. The lowest BCUT2D eigenvalue weighted by atomic mass is 10.1. The number of benzene rings is 2. The maximum atomic E-state index is 12.3. The zero-order chi connectivity index (χ0) is 13.9. The number of para-hydroxylation sites is 1. The quantitative estimate of drug-likeness (QED) is 0.764. The van der Waals surface area contributed by atoms with E-state index in [4.69, 9.17) is 0 Å². The molecular formula is C16H15N3O. The smallest absolute Gasteiger partial charge is 0.272 e. The van der Waals surface area contributed by atoms with Crippen LogP contribution in [0.4, 0.5) is 0 Å². The Kier molecular flexibility index (Phi) is 3.21. The number of hydrogen-bond acceptors (Lipinski definition) is 2. The van der Waals surface area contributed by atoms with E-state index in [2.05, 4.69) is 15.5 Å². The van der Waals surface area contributed by atoms with Gasteiger partial charge in [-0.25, -0.2) is 0 Å². The van der Waals surface area contributed by atoms with Crippen molar-refractivity contribution >= 4 is 16.8 Å². The molecule has 2 aromatic carbocycles. The first-order chi connectivity index (χ1) is 9.75. The Balaban J connectivity index is 1.83. The van der Waals surface area contributed by atoms with Crippen LogP contribution in [0.2, 0.25) is 0 Å². The molecule has 0 fully saturated rings. The van der Waals surface area contributed by atoms with Crippen LogP contribution in [-0.4, -0.2) is 16.1 Å². The number of amides is 1. The summed E-state index contributed by atoms with van der Waals surface area (Å²) in [4.78, 5) is 12.3. The summed E-state index contributed by atoms with van der Waals surface area (Å²) in [5.74, 6) is -0.168. The number of nitrogens with one attached hydrogen (secondary N) is 2. The van der Waals surface area contributed by atoms with Gasteiger partial charge < -0.3 is 5.32 Å². The van der Waals surface area contributed by atoms with Gasteiger partial charge in [0.25, 0.3) is 5.91 Å². The van der Waals surface area contributed by atoms with Crippen molar-refractivity contribution in [1.82, 2.24) is 15.5 Å². The molecule has 2 N–H and O–H groups in total. The van der Waals surface area contributed by atoms with Crippen LogP contribution in [-0.2, 0) is 0 Å². The third-order valence-corrected chi connectivity index (χ3v) is 3.33. The van der Waals surface area contributed by atoms with Gasteiger partial charge in [0.1, 0.15) is 0 Å². The van der Waals surface area contributed by atoms with E-state index >= 15 is 0 Å². The Morgan fingerprint density at radius 3 is 2.60 bits per heavy atom. The van der Waals surface area contributed by atoms with Crippen molar-refractivity contribution < 1.29 is 4.79 Å². The largest absolute Gasteiger partial charge is 0.344 e. The first-order valence-electron chi connectivity index (χ1n) is 6.54. The average Bonchev–Trinajstić information content (AvgIpc) is 2.92. The standard InChI is InChI=1S/C16H15N3O/c1-11(12-7-3-2-4-8-12)17-16(20)15-13-9-5-6-10-14(13)18-19-15/h2-11H,1H3,(H,17,20)(H,18,19)/t11-/m0/s1. The predicted molar refractivity (Wildman–Crippen MR) is 78.4 cm³/mol. The molecule has 0 aliphatic heterocycles. The van der Waals surface area contributed by atoms with E-state index in [1.807, 2.05) is 61.5 Å². The summed E-state index contributed by atoms with van der Waals surface area (Å²) in [7, 11) is 0. The number of aromatic amines is 1. The summed E-state index contributed by atoms with van der Waals surface area (Å²) in [5.41, 5.74) is 2.37. The molecule has 0 aliphatic rings. The van der Waals surface area contributed by atoms with E-state index in [-0.39, 0.29) is 11.9 Å². The minimum atomic E-state index is -0.168. The molecule has 0 saturated heterocycles. The number of H-pyrrole nitrogens is 1. The van der Waals surface area contributed by atoms with Crippen LogP contribution < -0.4 is 5.32 Å². The number of carbonyl (C=O) groups is 1. The first-order valence-corrected chi connectivity index (χ1v) is 6.54. The van der Waals surface area contributed by atoms with E-state index in [1.54, 1.807) is 0 Å². The van der Waals surface area contributed by atoms with Crippen LogP contribution in [0, 0.1) is 0 Å². The van der Waals surface area contributed by atoms with Crippen molar-refractivity contribution in [2.75, 3.05) is 0 Å². The molecule has 20 heavy (non-hydrogen) atoms. The van der Waals surface area contributed by atoms with Gasteiger partial charge in [0.05, 0.1) is 11.6 Å². The lowest BCUT2D eigenvalue weighted by Crippen LogP contribution is -2.27. The molecule has 4 heteroatoms. The second-order valence-electron chi connectivity index (χ2n) is 4.72. The monoisotopic (exact) mass is 265 g/mol. The van der Waals surface area contributed by atoms with Crippen molar-refractivity contribution in [1.29, 1.82) is 0 Å². The summed E-state index contributed by atoms with van der Waals surface area (Å²) in [6, 6.07) is 17.4. The fourth-order valence-corrected chi connectivity index (χ4v) is 2.23. The second-order valence-corrected chi connectivity index (χ2v) is 4.72. The van der Waals surface area contributed by atoms with Crippen LogP contribution in [0.1, 0.15) is 29.0 Å². The third kappa shape index (κ3) is 2.28. The molecule has 100 valence electrons. The normalized spacial score (nSPS) is 12.2. The van der Waals surface area contributed by atoms with Crippen LogP contribution in [0.3, 0.4) is 0 Å². The van der Waals surface area contributed by atoms with Gasteiger partial charge in [-0.05, 0) is 18.6 Å². The van der Waals surface area contributed by atoms with Gasteiger partial charge in [0.2, 0.25) is 0 Å². The van der Waals surface area contributed by atoms with Gasteiger partial charge >= 0.3 is 0 Å². The minimum Gasteiger partial charge on any atom is -0.344 e. The van der Waals surface area contributed by atoms with Crippen LogP contribution in [0.5, 0.6) is 0 Å². The Bertz CT molecular complexity index is 734. The summed E-state index contributed by atoms with van der Waals surface area (Å²) in [5, 5.41) is 10.8. The molecule has 0 bridgehead atoms. The molecule has 0 saturated carbocycles. The van der Waals surface area contributed by atoms with Crippen molar-refractivity contribution in [3.63, 3.8) is 0 Å².